The first-order valence-corrected chi connectivity index (χ1v) is 7.32. The highest BCUT2D eigenvalue weighted by Crippen LogP contribution is 2.17. The minimum atomic E-state index is -0.127. The highest BCUT2D eigenvalue weighted by Gasteiger charge is 2.12. The number of ether oxygens (including phenoxy) is 1. The van der Waals surface area contributed by atoms with Crippen molar-refractivity contribution in [3.8, 4) is 0 Å². The van der Waals surface area contributed by atoms with Crippen LogP contribution >= 0.6 is 0 Å². The SMILES string of the molecule is CC=CC=CC(=O)Nc1ccc(NC2CCOCC2)cc1. The van der Waals surface area contributed by atoms with E-state index in [2.05, 4.69) is 10.6 Å². The number of carbonyl (C=O) groups excluding carboxylic acids is 1. The molecule has 1 aromatic carbocycles. The summed E-state index contributed by atoms with van der Waals surface area (Å²) in [6.07, 6.45) is 8.99. The van der Waals surface area contributed by atoms with E-state index < -0.39 is 0 Å². The number of anilines is 2. The number of nitrogens with one attached hydrogen (secondary N) is 2. The van der Waals surface area contributed by atoms with Gasteiger partial charge in [0, 0.05) is 36.7 Å². The highest BCUT2D eigenvalue weighted by molar-refractivity contribution is 5.99. The summed E-state index contributed by atoms with van der Waals surface area (Å²) in [7, 11) is 0. The average Bonchev–Trinajstić information content (AvgIpc) is 2.51. The van der Waals surface area contributed by atoms with Crippen molar-refractivity contribution in [1.82, 2.24) is 0 Å². The fourth-order valence-electron chi connectivity index (χ4n) is 2.17. The van der Waals surface area contributed by atoms with E-state index in [1.54, 1.807) is 6.08 Å². The molecule has 0 radical (unpaired) electrons. The minimum absolute atomic E-state index is 0.127. The molecule has 2 N–H and O–H groups in total. The first-order chi connectivity index (χ1) is 10.3. The molecule has 1 aliphatic heterocycles. The third-order valence-corrected chi connectivity index (χ3v) is 3.30. The lowest BCUT2D eigenvalue weighted by Gasteiger charge is -2.24. The molecule has 0 aromatic heterocycles. The Balaban J connectivity index is 1.85. The molecule has 2 rings (SSSR count). The fourth-order valence-corrected chi connectivity index (χ4v) is 2.17. The Morgan fingerprint density at radius 1 is 1.14 bits per heavy atom. The molecule has 4 nitrogen and oxygen atoms in total. The van der Waals surface area contributed by atoms with E-state index in [4.69, 9.17) is 4.74 Å². The average molecular weight is 286 g/mol. The van der Waals surface area contributed by atoms with Crippen molar-refractivity contribution in [2.75, 3.05) is 23.8 Å². The molecule has 1 fully saturated rings. The Morgan fingerprint density at radius 2 is 1.81 bits per heavy atom. The van der Waals surface area contributed by atoms with Crippen LogP contribution in [0.5, 0.6) is 0 Å². The summed E-state index contributed by atoms with van der Waals surface area (Å²) in [6, 6.07) is 8.26. The Hall–Kier alpha value is -2.07. The lowest BCUT2D eigenvalue weighted by Crippen LogP contribution is -2.27. The molecule has 0 atom stereocenters. The van der Waals surface area contributed by atoms with Crippen LogP contribution in [0, 0.1) is 0 Å². The second kappa shape index (κ2) is 8.27. The summed E-state index contributed by atoms with van der Waals surface area (Å²) in [5.41, 5.74) is 1.87. The monoisotopic (exact) mass is 286 g/mol. The number of hydrogen-bond donors (Lipinski definition) is 2. The van der Waals surface area contributed by atoms with Crippen LogP contribution in [0.15, 0.2) is 48.6 Å². The number of rotatable bonds is 5. The molecule has 21 heavy (non-hydrogen) atoms. The quantitative estimate of drug-likeness (QED) is 0.644. The van der Waals surface area contributed by atoms with Crippen LogP contribution in [-0.4, -0.2) is 25.2 Å². The number of carbonyl (C=O) groups is 1. The smallest absolute Gasteiger partial charge is 0.248 e. The van der Waals surface area contributed by atoms with Gasteiger partial charge < -0.3 is 15.4 Å². The summed E-state index contributed by atoms with van der Waals surface area (Å²) < 4.78 is 5.34. The van der Waals surface area contributed by atoms with Crippen LogP contribution < -0.4 is 10.6 Å². The van der Waals surface area contributed by atoms with Crippen LogP contribution in [0.25, 0.3) is 0 Å². The van der Waals surface area contributed by atoms with E-state index in [0.29, 0.717) is 6.04 Å². The molecule has 0 unspecified atom stereocenters. The van der Waals surface area contributed by atoms with Gasteiger partial charge in [-0.2, -0.15) is 0 Å². The van der Waals surface area contributed by atoms with E-state index in [-0.39, 0.29) is 5.91 Å². The summed E-state index contributed by atoms with van der Waals surface area (Å²) in [4.78, 5) is 11.6. The van der Waals surface area contributed by atoms with Crippen molar-refractivity contribution in [2.24, 2.45) is 0 Å². The molecule has 1 aliphatic rings. The van der Waals surface area contributed by atoms with Crippen molar-refractivity contribution in [2.45, 2.75) is 25.8 Å². The maximum absolute atomic E-state index is 11.6. The third kappa shape index (κ3) is 5.44. The van der Waals surface area contributed by atoms with Crippen LogP contribution in [-0.2, 0) is 9.53 Å². The number of allylic oxidation sites excluding steroid dienone is 3. The molecule has 112 valence electrons. The Morgan fingerprint density at radius 3 is 2.48 bits per heavy atom. The number of amides is 1. The highest BCUT2D eigenvalue weighted by atomic mass is 16.5. The molecule has 1 amide bonds. The van der Waals surface area contributed by atoms with E-state index in [1.807, 2.05) is 43.3 Å². The largest absolute Gasteiger partial charge is 0.382 e. The molecule has 0 bridgehead atoms. The lowest BCUT2D eigenvalue weighted by molar-refractivity contribution is -0.111. The van der Waals surface area contributed by atoms with Crippen LogP contribution in [0.4, 0.5) is 11.4 Å². The number of hydrogen-bond acceptors (Lipinski definition) is 3. The summed E-state index contributed by atoms with van der Waals surface area (Å²) in [5.74, 6) is -0.127. The molecule has 0 saturated carbocycles. The summed E-state index contributed by atoms with van der Waals surface area (Å²) in [6.45, 7) is 3.56. The second-order valence-corrected chi connectivity index (χ2v) is 4.98. The molecular formula is C17H22N2O2. The van der Waals surface area contributed by atoms with E-state index in [1.165, 1.54) is 6.08 Å². The Bertz CT molecular complexity index is 500. The molecule has 1 aromatic rings. The Kier molecular flexibility index (Phi) is 6.03. The fraction of sp³-hybridized carbons (Fsp3) is 0.353. The summed E-state index contributed by atoms with van der Waals surface area (Å²) in [5, 5.41) is 6.31. The van der Waals surface area contributed by atoms with Gasteiger partial charge in [0.15, 0.2) is 0 Å². The standard InChI is InChI=1S/C17H22N2O2/c1-2-3-4-5-17(20)19-15-8-6-14(7-9-15)18-16-10-12-21-13-11-16/h2-9,16,18H,10-13H2,1H3,(H,19,20). The van der Waals surface area contributed by atoms with Gasteiger partial charge in [-0.05, 0) is 44.0 Å². The van der Waals surface area contributed by atoms with Crippen molar-refractivity contribution >= 4 is 17.3 Å². The maximum Gasteiger partial charge on any atom is 0.248 e. The lowest BCUT2D eigenvalue weighted by atomic mass is 10.1. The minimum Gasteiger partial charge on any atom is -0.382 e. The Labute approximate surface area is 125 Å². The van der Waals surface area contributed by atoms with Crippen LogP contribution in [0.3, 0.4) is 0 Å². The van der Waals surface area contributed by atoms with Crippen molar-refractivity contribution in [1.29, 1.82) is 0 Å². The molecule has 1 saturated heterocycles. The van der Waals surface area contributed by atoms with E-state index in [0.717, 1.165) is 37.4 Å². The van der Waals surface area contributed by atoms with Crippen molar-refractivity contribution in [3.63, 3.8) is 0 Å². The van der Waals surface area contributed by atoms with E-state index >= 15 is 0 Å². The predicted molar refractivity (Wildman–Crippen MR) is 86.5 cm³/mol. The molecule has 0 spiro atoms. The van der Waals surface area contributed by atoms with Crippen LogP contribution in [0.2, 0.25) is 0 Å². The van der Waals surface area contributed by atoms with Gasteiger partial charge >= 0.3 is 0 Å². The summed E-state index contributed by atoms with van der Waals surface area (Å²) >= 11 is 0. The van der Waals surface area contributed by atoms with Gasteiger partial charge in [0.25, 0.3) is 0 Å². The second-order valence-electron chi connectivity index (χ2n) is 4.98. The van der Waals surface area contributed by atoms with Gasteiger partial charge in [-0.3, -0.25) is 4.79 Å². The van der Waals surface area contributed by atoms with Crippen molar-refractivity contribution in [3.05, 3.63) is 48.6 Å². The third-order valence-electron chi connectivity index (χ3n) is 3.30. The molecule has 1 heterocycles. The van der Waals surface area contributed by atoms with E-state index in [9.17, 15) is 4.79 Å². The van der Waals surface area contributed by atoms with Gasteiger partial charge in [0.2, 0.25) is 5.91 Å². The zero-order valence-electron chi connectivity index (χ0n) is 12.3. The molecule has 0 aliphatic carbocycles. The number of benzene rings is 1. The predicted octanol–water partition coefficient (Wildman–Crippen LogP) is 3.35. The first kappa shape index (κ1) is 15.3. The first-order valence-electron chi connectivity index (χ1n) is 7.32. The zero-order chi connectivity index (χ0) is 14.9. The van der Waals surface area contributed by atoms with Gasteiger partial charge in [-0.15, -0.1) is 0 Å². The van der Waals surface area contributed by atoms with Gasteiger partial charge in [0.1, 0.15) is 0 Å². The van der Waals surface area contributed by atoms with Gasteiger partial charge in [-0.1, -0.05) is 18.2 Å². The van der Waals surface area contributed by atoms with Crippen LogP contribution in [0.1, 0.15) is 19.8 Å². The molecular weight excluding hydrogens is 264 g/mol. The maximum atomic E-state index is 11.6. The zero-order valence-corrected chi connectivity index (χ0v) is 12.3. The topological polar surface area (TPSA) is 50.4 Å². The normalized spacial score (nSPS) is 16.4. The van der Waals surface area contributed by atoms with Gasteiger partial charge in [0.05, 0.1) is 0 Å². The molecule has 4 heteroatoms. The van der Waals surface area contributed by atoms with Gasteiger partial charge in [-0.25, -0.2) is 0 Å². The van der Waals surface area contributed by atoms with Crippen molar-refractivity contribution < 1.29 is 9.53 Å².